The van der Waals surface area contributed by atoms with Crippen molar-refractivity contribution < 1.29 is 0 Å². The summed E-state index contributed by atoms with van der Waals surface area (Å²) >= 11 is 0. The Balaban J connectivity index is 2.73. The summed E-state index contributed by atoms with van der Waals surface area (Å²) in [5.74, 6) is 0. The second-order valence-electron chi connectivity index (χ2n) is 1.29. The van der Waals surface area contributed by atoms with Gasteiger partial charge < -0.3 is 0 Å². The minimum absolute atomic E-state index is 1.20. The SMILES string of the molecule is CCC=CC[SiH3]. The van der Waals surface area contributed by atoms with Crippen molar-refractivity contribution in [2.75, 3.05) is 0 Å². The van der Waals surface area contributed by atoms with Gasteiger partial charge in [-0.25, -0.2) is 0 Å². The van der Waals surface area contributed by atoms with Gasteiger partial charge in [0.2, 0.25) is 0 Å². The van der Waals surface area contributed by atoms with Crippen LogP contribution in [-0.2, 0) is 0 Å². The summed E-state index contributed by atoms with van der Waals surface area (Å²) in [7, 11) is 1.32. The predicted octanol–water partition coefficient (Wildman–Crippen LogP) is 0.736. The highest BCUT2D eigenvalue weighted by atomic mass is 28.1. The van der Waals surface area contributed by atoms with E-state index in [2.05, 4.69) is 19.1 Å². The van der Waals surface area contributed by atoms with Gasteiger partial charge in [0.05, 0.1) is 0 Å². The van der Waals surface area contributed by atoms with Crippen molar-refractivity contribution in [2.45, 2.75) is 19.4 Å². The summed E-state index contributed by atoms with van der Waals surface area (Å²) in [5.41, 5.74) is 0. The molecule has 0 saturated carbocycles. The molecule has 0 saturated heterocycles. The Kier molecular flexibility index (Phi) is 4.92. The summed E-state index contributed by atoms with van der Waals surface area (Å²) in [6.07, 6.45) is 5.65. The molecule has 0 bridgehead atoms. The molecule has 0 aliphatic rings. The molecular weight excluding hydrogens is 88.1 g/mol. The van der Waals surface area contributed by atoms with Crippen LogP contribution in [0.1, 0.15) is 13.3 Å². The van der Waals surface area contributed by atoms with Crippen molar-refractivity contribution >= 4 is 10.2 Å². The lowest BCUT2D eigenvalue weighted by molar-refractivity contribution is 1.22. The van der Waals surface area contributed by atoms with Crippen LogP contribution >= 0.6 is 0 Å². The van der Waals surface area contributed by atoms with Crippen LogP contribution in [0.5, 0.6) is 0 Å². The highest BCUT2D eigenvalue weighted by Crippen LogP contribution is 1.79. The Labute approximate surface area is 42.7 Å². The van der Waals surface area contributed by atoms with Crippen molar-refractivity contribution in [2.24, 2.45) is 0 Å². The van der Waals surface area contributed by atoms with E-state index in [1.165, 1.54) is 22.7 Å². The molecule has 0 nitrogen and oxygen atoms in total. The minimum Gasteiger partial charge on any atom is -0.0921 e. The summed E-state index contributed by atoms with van der Waals surface area (Å²) in [5, 5.41) is 0. The third kappa shape index (κ3) is 3.96. The van der Waals surface area contributed by atoms with Crippen LogP contribution in [0.3, 0.4) is 0 Å². The largest absolute Gasteiger partial charge is 0.0921 e. The lowest BCUT2D eigenvalue weighted by Gasteiger charge is -1.72. The van der Waals surface area contributed by atoms with Crippen molar-refractivity contribution in [1.82, 2.24) is 0 Å². The van der Waals surface area contributed by atoms with E-state index in [4.69, 9.17) is 0 Å². The van der Waals surface area contributed by atoms with Gasteiger partial charge in [0.1, 0.15) is 0 Å². The van der Waals surface area contributed by atoms with Gasteiger partial charge >= 0.3 is 0 Å². The minimum atomic E-state index is 1.20. The van der Waals surface area contributed by atoms with Gasteiger partial charge in [0.15, 0.2) is 0 Å². The van der Waals surface area contributed by atoms with Gasteiger partial charge in [-0.15, -0.1) is 0 Å². The van der Waals surface area contributed by atoms with Gasteiger partial charge in [-0.05, 0) is 12.5 Å². The maximum absolute atomic E-state index is 2.24. The zero-order valence-electron chi connectivity index (χ0n) is 4.57. The predicted molar refractivity (Wildman–Crippen MR) is 34.2 cm³/mol. The Morgan fingerprint density at radius 3 is 2.33 bits per heavy atom. The fourth-order valence-electron chi connectivity index (χ4n) is 0.333. The lowest BCUT2D eigenvalue weighted by Crippen LogP contribution is -1.55. The lowest BCUT2D eigenvalue weighted by atomic mass is 10.4. The van der Waals surface area contributed by atoms with Gasteiger partial charge in [-0.3, -0.25) is 0 Å². The monoisotopic (exact) mass is 100 g/mol. The Morgan fingerprint density at radius 1 is 1.50 bits per heavy atom. The summed E-state index contributed by atoms with van der Waals surface area (Å²) in [6.45, 7) is 2.16. The maximum Gasteiger partial charge on any atom is 0.00754 e. The topological polar surface area (TPSA) is 0 Å². The number of rotatable bonds is 2. The molecule has 36 valence electrons. The Hall–Kier alpha value is -0.0431. The van der Waals surface area contributed by atoms with Crippen LogP contribution in [0.4, 0.5) is 0 Å². The van der Waals surface area contributed by atoms with Crippen LogP contribution < -0.4 is 0 Å². The first kappa shape index (κ1) is 5.96. The molecule has 0 aromatic carbocycles. The molecule has 0 unspecified atom stereocenters. The van der Waals surface area contributed by atoms with E-state index >= 15 is 0 Å². The van der Waals surface area contributed by atoms with Crippen molar-refractivity contribution in [3.8, 4) is 0 Å². The van der Waals surface area contributed by atoms with Gasteiger partial charge in [0, 0.05) is 10.2 Å². The van der Waals surface area contributed by atoms with Gasteiger partial charge in [-0.1, -0.05) is 19.1 Å². The standard InChI is InChI=1S/C5H12Si/c1-2-3-4-5-6/h3-4H,2,5H2,1,6H3. The van der Waals surface area contributed by atoms with E-state index < -0.39 is 0 Å². The first-order valence-corrected chi connectivity index (χ1v) is 3.98. The third-order valence-electron chi connectivity index (χ3n) is 0.638. The van der Waals surface area contributed by atoms with Gasteiger partial charge in [-0.2, -0.15) is 0 Å². The average molecular weight is 100 g/mol. The molecule has 0 N–H and O–H groups in total. The molecule has 0 atom stereocenters. The van der Waals surface area contributed by atoms with E-state index in [0.717, 1.165) is 0 Å². The molecule has 0 fully saturated rings. The average Bonchev–Trinajstić information content (AvgIpc) is 1.61. The van der Waals surface area contributed by atoms with E-state index in [9.17, 15) is 0 Å². The highest BCUT2D eigenvalue weighted by Gasteiger charge is 1.60. The molecule has 0 rings (SSSR count). The van der Waals surface area contributed by atoms with E-state index in [1.807, 2.05) is 0 Å². The van der Waals surface area contributed by atoms with Crippen molar-refractivity contribution in [1.29, 1.82) is 0 Å². The molecule has 1 heteroatoms. The van der Waals surface area contributed by atoms with Crippen LogP contribution in [0.2, 0.25) is 6.04 Å². The first-order valence-electron chi connectivity index (χ1n) is 2.56. The van der Waals surface area contributed by atoms with Crippen LogP contribution in [0.25, 0.3) is 0 Å². The Morgan fingerprint density at radius 2 is 2.17 bits per heavy atom. The highest BCUT2D eigenvalue weighted by molar-refractivity contribution is 6.09. The van der Waals surface area contributed by atoms with Gasteiger partial charge in [0.25, 0.3) is 0 Å². The molecule has 0 radical (unpaired) electrons. The molecule has 0 spiro atoms. The molecule has 0 aliphatic carbocycles. The fraction of sp³-hybridized carbons (Fsp3) is 0.600. The second kappa shape index (κ2) is 4.96. The van der Waals surface area contributed by atoms with Crippen LogP contribution in [0.15, 0.2) is 12.2 Å². The van der Waals surface area contributed by atoms with Crippen LogP contribution in [-0.4, -0.2) is 10.2 Å². The fourth-order valence-corrected chi connectivity index (χ4v) is 0.667. The van der Waals surface area contributed by atoms with E-state index in [0.29, 0.717) is 0 Å². The number of hydrogen-bond donors (Lipinski definition) is 0. The summed E-state index contributed by atoms with van der Waals surface area (Å²) < 4.78 is 0. The first-order chi connectivity index (χ1) is 2.91. The number of allylic oxidation sites excluding steroid dienone is 2. The smallest absolute Gasteiger partial charge is 0.00754 e. The van der Waals surface area contributed by atoms with E-state index in [-0.39, 0.29) is 0 Å². The Bertz CT molecular complexity index is 33.2. The van der Waals surface area contributed by atoms with Crippen molar-refractivity contribution in [3.63, 3.8) is 0 Å². The van der Waals surface area contributed by atoms with E-state index in [1.54, 1.807) is 0 Å². The zero-order chi connectivity index (χ0) is 4.83. The summed E-state index contributed by atoms with van der Waals surface area (Å²) in [4.78, 5) is 0. The molecule has 0 aromatic heterocycles. The van der Waals surface area contributed by atoms with Crippen LogP contribution in [0, 0.1) is 0 Å². The van der Waals surface area contributed by atoms with Crippen molar-refractivity contribution in [3.05, 3.63) is 12.2 Å². The zero-order valence-corrected chi connectivity index (χ0v) is 6.57. The molecule has 6 heavy (non-hydrogen) atoms. The molecule has 0 amide bonds. The number of hydrogen-bond acceptors (Lipinski definition) is 0. The third-order valence-corrected chi connectivity index (χ3v) is 1.11. The maximum atomic E-state index is 2.24. The molecule has 0 heterocycles. The molecule has 0 aromatic rings. The second-order valence-corrected chi connectivity index (χ2v) is 2.10. The normalized spacial score (nSPS) is 10.8. The molecule has 0 aliphatic heterocycles. The summed E-state index contributed by atoms with van der Waals surface area (Å²) in [6, 6.07) is 1.31. The molecular formula is C5H12Si. The quantitative estimate of drug-likeness (QED) is 0.354.